The van der Waals surface area contributed by atoms with Crippen LogP contribution in [0.1, 0.15) is 10.4 Å². The van der Waals surface area contributed by atoms with Gasteiger partial charge in [-0.2, -0.15) is 0 Å². The van der Waals surface area contributed by atoms with Crippen LogP contribution >= 0.6 is 0 Å². The minimum atomic E-state index is -1.25. The highest BCUT2D eigenvalue weighted by molar-refractivity contribution is 6.04. The Morgan fingerprint density at radius 3 is 2.90 bits per heavy atom. The lowest BCUT2D eigenvalue weighted by Gasteiger charge is -2.05. The van der Waals surface area contributed by atoms with E-state index in [0.717, 1.165) is 5.39 Å². The van der Waals surface area contributed by atoms with E-state index in [1.165, 1.54) is 6.20 Å². The summed E-state index contributed by atoms with van der Waals surface area (Å²) in [5, 5.41) is 10.1. The van der Waals surface area contributed by atoms with Crippen LogP contribution in [-0.2, 0) is 0 Å². The average molecular weight is 270 g/mol. The zero-order valence-corrected chi connectivity index (χ0v) is 10.5. The van der Waals surface area contributed by atoms with Crippen molar-refractivity contribution in [2.45, 2.75) is 0 Å². The van der Waals surface area contributed by atoms with Crippen molar-refractivity contribution in [2.24, 2.45) is 0 Å². The highest BCUT2D eigenvalue weighted by Crippen LogP contribution is 2.23. The van der Waals surface area contributed by atoms with Crippen molar-refractivity contribution >= 4 is 27.8 Å². The first-order chi connectivity index (χ1) is 9.61. The molecule has 0 saturated carbocycles. The lowest BCUT2D eigenvalue weighted by atomic mass is 10.1. The van der Waals surface area contributed by atoms with Crippen LogP contribution in [-0.4, -0.2) is 28.2 Å². The molecule has 1 aromatic carbocycles. The molecule has 20 heavy (non-hydrogen) atoms. The van der Waals surface area contributed by atoms with E-state index in [9.17, 15) is 9.59 Å². The topological polar surface area (TPSA) is 92.3 Å². The Balaban J connectivity index is 2.41. The van der Waals surface area contributed by atoms with Crippen LogP contribution < -0.4 is 10.2 Å². The number of carbonyl (C=O) groups is 1. The molecule has 0 aliphatic heterocycles. The van der Waals surface area contributed by atoms with Crippen LogP contribution in [0.5, 0.6) is 5.75 Å². The molecule has 0 amide bonds. The molecule has 0 saturated heterocycles. The van der Waals surface area contributed by atoms with Gasteiger partial charge in [-0.1, -0.05) is 6.07 Å². The number of aromatic nitrogens is 2. The van der Waals surface area contributed by atoms with Gasteiger partial charge in [-0.15, -0.1) is 0 Å². The first-order valence-corrected chi connectivity index (χ1v) is 5.83. The van der Waals surface area contributed by atoms with Crippen molar-refractivity contribution < 1.29 is 14.6 Å². The van der Waals surface area contributed by atoms with Crippen molar-refractivity contribution in [3.63, 3.8) is 0 Å². The van der Waals surface area contributed by atoms with Gasteiger partial charge in [0.05, 0.1) is 24.3 Å². The standard InChI is InChI=1S/C14H10N2O4/c1-20-8-4-7-2-3-9-12(11(7)15-5-8)16-6-10(13(9)17)14(18)19/h2-6H,1H3,(H,16,17)(H,18,19). The van der Waals surface area contributed by atoms with Gasteiger partial charge in [-0.3, -0.25) is 9.78 Å². The maximum absolute atomic E-state index is 12.1. The minimum absolute atomic E-state index is 0.287. The molecule has 2 N–H and O–H groups in total. The SMILES string of the molecule is COc1cnc2c(ccc3c(=O)c(C(=O)O)c[nH]c32)c1. The number of methoxy groups -OCH3 is 1. The minimum Gasteiger partial charge on any atom is -0.495 e. The molecule has 2 heterocycles. The molecule has 100 valence electrons. The van der Waals surface area contributed by atoms with Gasteiger partial charge in [0.1, 0.15) is 11.3 Å². The summed E-state index contributed by atoms with van der Waals surface area (Å²) >= 11 is 0. The van der Waals surface area contributed by atoms with Crippen molar-refractivity contribution in [3.05, 3.63) is 46.4 Å². The number of fused-ring (bicyclic) bond motifs is 3. The van der Waals surface area contributed by atoms with E-state index in [1.54, 1.807) is 31.5 Å². The molecule has 6 nitrogen and oxygen atoms in total. The summed E-state index contributed by atoms with van der Waals surface area (Å²) in [6, 6.07) is 5.10. The van der Waals surface area contributed by atoms with E-state index in [-0.39, 0.29) is 5.56 Å². The zero-order chi connectivity index (χ0) is 14.3. The van der Waals surface area contributed by atoms with Crippen LogP contribution in [0.4, 0.5) is 0 Å². The zero-order valence-electron chi connectivity index (χ0n) is 10.5. The number of nitrogens with zero attached hydrogens (tertiary/aromatic N) is 1. The Bertz CT molecular complexity index is 899. The molecule has 0 fully saturated rings. The van der Waals surface area contributed by atoms with Crippen molar-refractivity contribution in [1.29, 1.82) is 0 Å². The van der Waals surface area contributed by atoms with Crippen molar-refractivity contribution in [2.75, 3.05) is 7.11 Å². The fraction of sp³-hybridized carbons (Fsp3) is 0.0714. The van der Waals surface area contributed by atoms with Gasteiger partial charge < -0.3 is 14.8 Å². The fourth-order valence-electron chi connectivity index (χ4n) is 2.14. The van der Waals surface area contributed by atoms with E-state index in [2.05, 4.69) is 9.97 Å². The summed E-state index contributed by atoms with van der Waals surface area (Å²) in [4.78, 5) is 30.1. The number of pyridine rings is 2. The van der Waals surface area contributed by atoms with Gasteiger partial charge in [0.25, 0.3) is 0 Å². The number of carboxylic acids is 1. The third kappa shape index (κ3) is 1.70. The third-order valence-corrected chi connectivity index (χ3v) is 3.14. The average Bonchev–Trinajstić information content (AvgIpc) is 2.46. The number of nitrogens with one attached hydrogen (secondary N) is 1. The number of carboxylic acid groups (broad SMARTS) is 1. The van der Waals surface area contributed by atoms with E-state index >= 15 is 0 Å². The second-order valence-electron chi connectivity index (χ2n) is 4.27. The van der Waals surface area contributed by atoms with Gasteiger partial charge in [-0.05, 0) is 12.1 Å². The molecule has 2 aromatic heterocycles. The summed E-state index contributed by atoms with van der Waals surface area (Å²) in [6.07, 6.45) is 2.74. The Morgan fingerprint density at radius 1 is 1.40 bits per heavy atom. The van der Waals surface area contributed by atoms with Gasteiger partial charge in [0.2, 0.25) is 5.43 Å². The number of benzene rings is 1. The predicted molar refractivity (Wildman–Crippen MR) is 73.4 cm³/mol. The number of ether oxygens (including phenoxy) is 1. The summed E-state index contributed by atoms with van der Waals surface area (Å²) in [5.41, 5.74) is 0.300. The van der Waals surface area contributed by atoms with Gasteiger partial charge >= 0.3 is 5.97 Å². The van der Waals surface area contributed by atoms with Crippen LogP contribution in [0.15, 0.2) is 35.4 Å². The number of aromatic carboxylic acids is 1. The second kappa shape index (κ2) is 4.34. The highest BCUT2D eigenvalue weighted by atomic mass is 16.5. The van der Waals surface area contributed by atoms with Crippen molar-refractivity contribution in [1.82, 2.24) is 9.97 Å². The summed E-state index contributed by atoms with van der Waals surface area (Å²) in [5.74, 6) is -0.641. The van der Waals surface area contributed by atoms with Crippen LogP contribution in [0, 0.1) is 0 Å². The molecule has 0 unspecified atom stereocenters. The summed E-state index contributed by atoms with van der Waals surface area (Å²) in [6.45, 7) is 0. The van der Waals surface area contributed by atoms with Crippen molar-refractivity contribution in [3.8, 4) is 5.75 Å². The van der Waals surface area contributed by atoms with E-state index < -0.39 is 11.4 Å². The Hall–Kier alpha value is -2.89. The quantitative estimate of drug-likeness (QED) is 0.692. The lowest BCUT2D eigenvalue weighted by molar-refractivity contribution is 0.0695. The molecule has 3 aromatic rings. The first kappa shape index (κ1) is 12.2. The Kier molecular flexibility index (Phi) is 2.64. The van der Waals surface area contributed by atoms with E-state index in [4.69, 9.17) is 9.84 Å². The number of rotatable bonds is 2. The van der Waals surface area contributed by atoms with Gasteiger partial charge in [0, 0.05) is 17.0 Å². The predicted octanol–water partition coefficient (Wildman–Crippen LogP) is 1.78. The van der Waals surface area contributed by atoms with Crippen LogP contribution in [0.2, 0.25) is 0 Å². The molecule has 6 heteroatoms. The second-order valence-corrected chi connectivity index (χ2v) is 4.27. The molecule has 0 atom stereocenters. The molecule has 0 bridgehead atoms. The largest absolute Gasteiger partial charge is 0.495 e. The molecule has 0 aliphatic rings. The van der Waals surface area contributed by atoms with E-state index in [0.29, 0.717) is 22.2 Å². The highest BCUT2D eigenvalue weighted by Gasteiger charge is 2.13. The molecular weight excluding hydrogens is 260 g/mol. The Labute approximate surface area is 112 Å². The summed E-state index contributed by atoms with van der Waals surface area (Å²) < 4.78 is 5.10. The summed E-state index contributed by atoms with van der Waals surface area (Å²) in [7, 11) is 1.55. The lowest BCUT2D eigenvalue weighted by Crippen LogP contribution is -2.15. The first-order valence-electron chi connectivity index (χ1n) is 5.83. The third-order valence-electron chi connectivity index (χ3n) is 3.14. The van der Waals surface area contributed by atoms with Crippen LogP contribution in [0.25, 0.3) is 21.8 Å². The molecule has 3 rings (SSSR count). The molecular formula is C14H10N2O4. The normalized spacial score (nSPS) is 10.8. The number of aromatic amines is 1. The number of hydrogen-bond acceptors (Lipinski definition) is 4. The maximum Gasteiger partial charge on any atom is 0.341 e. The monoisotopic (exact) mass is 270 g/mol. The Morgan fingerprint density at radius 2 is 2.20 bits per heavy atom. The maximum atomic E-state index is 12.1. The molecule has 0 aliphatic carbocycles. The fourth-order valence-corrected chi connectivity index (χ4v) is 2.14. The number of H-pyrrole nitrogens is 1. The van der Waals surface area contributed by atoms with E-state index in [1.807, 2.05) is 0 Å². The van der Waals surface area contributed by atoms with Gasteiger partial charge in [-0.25, -0.2) is 4.79 Å². The number of hydrogen-bond donors (Lipinski definition) is 2. The molecule has 0 radical (unpaired) electrons. The van der Waals surface area contributed by atoms with Crippen LogP contribution in [0.3, 0.4) is 0 Å². The smallest absolute Gasteiger partial charge is 0.341 e. The van der Waals surface area contributed by atoms with Gasteiger partial charge in [0.15, 0.2) is 0 Å². The molecule has 0 spiro atoms.